The van der Waals surface area contributed by atoms with Crippen molar-refractivity contribution in [3.8, 4) is 0 Å². The first-order valence-corrected chi connectivity index (χ1v) is 9.79. The third kappa shape index (κ3) is 3.74. The van der Waals surface area contributed by atoms with Crippen LogP contribution in [-0.4, -0.2) is 12.8 Å². The lowest BCUT2D eigenvalue weighted by Gasteiger charge is -2.38. The summed E-state index contributed by atoms with van der Waals surface area (Å²) in [6.07, 6.45) is 3.63. The summed E-state index contributed by atoms with van der Waals surface area (Å²) in [6, 6.07) is 9.63. The second-order valence-corrected chi connectivity index (χ2v) is 9.07. The van der Waals surface area contributed by atoms with Crippen LogP contribution in [-0.2, 0) is 9.09 Å². The van der Waals surface area contributed by atoms with Gasteiger partial charge >= 0.3 is 0 Å². The first kappa shape index (κ1) is 15.8. The van der Waals surface area contributed by atoms with E-state index in [1.54, 1.807) is 6.66 Å². The van der Waals surface area contributed by atoms with Gasteiger partial charge in [-0.05, 0) is 42.7 Å². The van der Waals surface area contributed by atoms with E-state index in [0.717, 1.165) is 11.7 Å². The summed E-state index contributed by atoms with van der Waals surface area (Å²) in [7, 11) is -2.72. The van der Waals surface area contributed by atoms with Crippen LogP contribution < -0.4 is 5.30 Å². The third-order valence-corrected chi connectivity index (χ3v) is 6.43. The molecule has 0 aromatic heterocycles. The van der Waals surface area contributed by atoms with Gasteiger partial charge in [0.1, 0.15) is 0 Å². The highest BCUT2D eigenvalue weighted by molar-refractivity contribution is 7.66. The minimum absolute atomic E-state index is 0.134. The minimum atomic E-state index is -2.72. The molecule has 1 aliphatic rings. The number of hydrogen-bond acceptors (Lipinski definition) is 2. The molecule has 2 rings (SSSR count). The molecule has 4 unspecified atom stereocenters. The molecule has 0 aliphatic heterocycles. The van der Waals surface area contributed by atoms with E-state index < -0.39 is 7.37 Å². The highest BCUT2D eigenvalue weighted by Gasteiger charge is 2.35. The Morgan fingerprint density at radius 3 is 2.45 bits per heavy atom. The summed E-state index contributed by atoms with van der Waals surface area (Å²) in [5, 5.41) is 0.834. The summed E-state index contributed by atoms with van der Waals surface area (Å²) < 4.78 is 19.1. The van der Waals surface area contributed by atoms with Gasteiger partial charge in [-0.1, -0.05) is 45.4 Å². The quantitative estimate of drug-likeness (QED) is 0.753. The van der Waals surface area contributed by atoms with Gasteiger partial charge in [-0.3, -0.25) is 4.57 Å². The molecule has 1 saturated carbocycles. The Kier molecular flexibility index (Phi) is 5.09. The fraction of sp³-hybridized carbons (Fsp3) is 0.647. The molecule has 0 amide bonds. The molecule has 1 aliphatic carbocycles. The number of rotatable bonds is 4. The van der Waals surface area contributed by atoms with Crippen molar-refractivity contribution >= 4 is 12.7 Å². The first-order chi connectivity index (χ1) is 9.40. The zero-order valence-electron chi connectivity index (χ0n) is 13.1. The van der Waals surface area contributed by atoms with Crippen LogP contribution in [0, 0.1) is 17.8 Å². The molecule has 2 nitrogen and oxygen atoms in total. The molecular formula is C17H27O2P. The van der Waals surface area contributed by atoms with Gasteiger partial charge < -0.3 is 4.52 Å². The average molecular weight is 294 g/mol. The zero-order valence-corrected chi connectivity index (χ0v) is 14.0. The van der Waals surface area contributed by atoms with Crippen molar-refractivity contribution in [2.45, 2.75) is 46.1 Å². The Bertz CT molecular complexity index is 469. The Morgan fingerprint density at radius 1 is 1.20 bits per heavy atom. The predicted octanol–water partition coefficient (Wildman–Crippen LogP) is 4.70. The van der Waals surface area contributed by atoms with Crippen molar-refractivity contribution in [1.29, 1.82) is 0 Å². The van der Waals surface area contributed by atoms with Gasteiger partial charge in [-0.2, -0.15) is 0 Å². The largest absolute Gasteiger partial charge is 0.322 e. The average Bonchev–Trinajstić information content (AvgIpc) is 2.39. The standard InChI is InChI=1S/C17H27O2P/c1-13(2)16-11-10-14(3)12-17(16)19-20(4,18)15-8-6-5-7-9-15/h5-9,13-14,16-17H,10-12H2,1-4H3. The fourth-order valence-electron chi connectivity index (χ4n) is 3.25. The minimum Gasteiger partial charge on any atom is -0.322 e. The lowest BCUT2D eigenvalue weighted by molar-refractivity contribution is 0.0506. The zero-order chi connectivity index (χ0) is 14.8. The predicted molar refractivity (Wildman–Crippen MR) is 85.8 cm³/mol. The smallest absolute Gasteiger partial charge is 0.229 e. The van der Waals surface area contributed by atoms with Gasteiger partial charge in [0.2, 0.25) is 7.37 Å². The van der Waals surface area contributed by atoms with Crippen molar-refractivity contribution < 1.29 is 9.09 Å². The van der Waals surface area contributed by atoms with Crippen LogP contribution >= 0.6 is 7.37 Å². The molecule has 0 spiro atoms. The van der Waals surface area contributed by atoms with Crippen LogP contribution in [0.3, 0.4) is 0 Å². The lowest BCUT2D eigenvalue weighted by atomic mass is 9.75. The second kappa shape index (κ2) is 6.45. The Hall–Kier alpha value is -0.590. The molecule has 0 radical (unpaired) electrons. The van der Waals surface area contributed by atoms with E-state index in [9.17, 15) is 4.57 Å². The summed E-state index contributed by atoms with van der Waals surface area (Å²) in [6.45, 7) is 8.54. The molecular weight excluding hydrogens is 267 g/mol. The number of hydrogen-bond donors (Lipinski definition) is 0. The maximum Gasteiger partial charge on any atom is 0.229 e. The van der Waals surface area contributed by atoms with Crippen molar-refractivity contribution in [2.24, 2.45) is 17.8 Å². The molecule has 1 aromatic rings. The second-order valence-electron chi connectivity index (χ2n) is 6.65. The highest BCUT2D eigenvalue weighted by atomic mass is 31.2. The van der Waals surface area contributed by atoms with E-state index in [1.807, 2.05) is 30.3 Å². The van der Waals surface area contributed by atoms with E-state index in [1.165, 1.54) is 12.8 Å². The van der Waals surface area contributed by atoms with Crippen LogP contribution in [0.5, 0.6) is 0 Å². The van der Waals surface area contributed by atoms with Gasteiger partial charge in [-0.15, -0.1) is 0 Å². The van der Waals surface area contributed by atoms with Crippen LogP contribution in [0.15, 0.2) is 30.3 Å². The molecule has 3 heteroatoms. The highest BCUT2D eigenvalue weighted by Crippen LogP contribution is 2.48. The number of benzene rings is 1. The maximum atomic E-state index is 12.9. The van der Waals surface area contributed by atoms with Gasteiger partial charge in [0.15, 0.2) is 0 Å². The van der Waals surface area contributed by atoms with Crippen LogP contribution in [0.4, 0.5) is 0 Å². The summed E-state index contributed by atoms with van der Waals surface area (Å²) in [5.41, 5.74) is 0. The van der Waals surface area contributed by atoms with Crippen LogP contribution in [0.2, 0.25) is 0 Å². The Balaban J connectivity index is 2.15. The fourth-order valence-corrected chi connectivity index (χ4v) is 4.85. The van der Waals surface area contributed by atoms with Gasteiger partial charge in [0.05, 0.1) is 6.10 Å². The molecule has 0 heterocycles. The summed E-state index contributed by atoms with van der Waals surface area (Å²) in [4.78, 5) is 0. The molecule has 1 aromatic carbocycles. The van der Waals surface area contributed by atoms with Gasteiger partial charge in [0.25, 0.3) is 0 Å². The Labute approximate surface area is 123 Å². The maximum absolute atomic E-state index is 12.9. The molecule has 0 saturated heterocycles. The van der Waals surface area contributed by atoms with Gasteiger partial charge in [-0.25, -0.2) is 0 Å². The summed E-state index contributed by atoms with van der Waals surface area (Å²) >= 11 is 0. The van der Waals surface area contributed by atoms with Crippen molar-refractivity contribution in [3.63, 3.8) is 0 Å². The van der Waals surface area contributed by atoms with Crippen molar-refractivity contribution in [2.75, 3.05) is 6.66 Å². The van der Waals surface area contributed by atoms with E-state index >= 15 is 0 Å². The molecule has 0 N–H and O–H groups in total. The van der Waals surface area contributed by atoms with E-state index in [2.05, 4.69) is 20.8 Å². The SMILES string of the molecule is CC1CCC(C(C)C)C(OP(C)(=O)c2ccccc2)C1. The van der Waals surface area contributed by atoms with E-state index in [4.69, 9.17) is 4.52 Å². The van der Waals surface area contributed by atoms with E-state index in [-0.39, 0.29) is 6.10 Å². The Morgan fingerprint density at radius 2 is 1.85 bits per heavy atom. The van der Waals surface area contributed by atoms with Crippen LogP contribution in [0.1, 0.15) is 40.0 Å². The first-order valence-electron chi connectivity index (χ1n) is 7.71. The van der Waals surface area contributed by atoms with Crippen LogP contribution in [0.25, 0.3) is 0 Å². The van der Waals surface area contributed by atoms with Crippen molar-refractivity contribution in [3.05, 3.63) is 30.3 Å². The third-order valence-electron chi connectivity index (χ3n) is 4.52. The normalized spacial score (nSPS) is 30.1. The molecule has 1 fully saturated rings. The van der Waals surface area contributed by atoms with E-state index in [0.29, 0.717) is 17.8 Å². The summed E-state index contributed by atoms with van der Waals surface area (Å²) in [5.74, 6) is 1.79. The molecule has 0 bridgehead atoms. The topological polar surface area (TPSA) is 26.3 Å². The molecule has 20 heavy (non-hydrogen) atoms. The molecule has 112 valence electrons. The molecule has 4 atom stereocenters. The monoisotopic (exact) mass is 294 g/mol. The lowest BCUT2D eigenvalue weighted by Crippen LogP contribution is -2.34. The van der Waals surface area contributed by atoms with Crippen molar-refractivity contribution in [1.82, 2.24) is 0 Å². The van der Waals surface area contributed by atoms with Gasteiger partial charge in [0, 0.05) is 12.0 Å².